The second kappa shape index (κ2) is 7.31. The van der Waals surface area contributed by atoms with Crippen molar-refractivity contribution in [3.8, 4) is 11.4 Å². The number of hydrogen-bond donors (Lipinski definition) is 1. The maximum atomic E-state index is 13.6. The molecule has 0 bridgehead atoms. The Morgan fingerprint density at radius 1 is 1.10 bits per heavy atom. The molecule has 8 nitrogen and oxygen atoms in total. The molecule has 1 amide bonds. The van der Waals surface area contributed by atoms with E-state index in [1.807, 2.05) is 48.5 Å². The van der Waals surface area contributed by atoms with E-state index in [9.17, 15) is 9.70 Å². The van der Waals surface area contributed by atoms with Crippen molar-refractivity contribution >= 4 is 11.6 Å². The summed E-state index contributed by atoms with van der Waals surface area (Å²) in [6, 6.07) is 15.2. The zero-order chi connectivity index (χ0) is 21.6. The van der Waals surface area contributed by atoms with Gasteiger partial charge >= 0.3 is 0 Å². The highest BCUT2D eigenvalue weighted by atomic mass is 16.5. The third kappa shape index (κ3) is 3.29. The molecule has 1 aliphatic heterocycles. The average molecular weight is 417 g/mol. The van der Waals surface area contributed by atoms with Crippen molar-refractivity contribution in [2.24, 2.45) is 10.9 Å². The van der Waals surface area contributed by atoms with Crippen LogP contribution in [-0.2, 0) is 18.5 Å². The van der Waals surface area contributed by atoms with Gasteiger partial charge in [0.25, 0.3) is 5.91 Å². The van der Waals surface area contributed by atoms with Crippen molar-refractivity contribution in [3.63, 3.8) is 0 Å². The number of nitrogens with two attached hydrogens (primary N) is 1. The molecule has 1 fully saturated rings. The molecular weight excluding hydrogens is 394 g/mol. The highest BCUT2D eigenvalue weighted by molar-refractivity contribution is 6.07. The van der Waals surface area contributed by atoms with Crippen LogP contribution in [0.15, 0.2) is 53.7 Å². The van der Waals surface area contributed by atoms with Crippen molar-refractivity contribution in [3.05, 3.63) is 76.0 Å². The molecule has 0 atom stereocenters. The Labute approximate surface area is 179 Å². The number of carbonyl (C=O) groups is 1. The molecular formula is C23H23N5O3. The summed E-state index contributed by atoms with van der Waals surface area (Å²) < 4.78 is 6.83. The Morgan fingerprint density at radius 2 is 1.77 bits per heavy atom. The minimum atomic E-state index is -0.207. The molecule has 0 saturated heterocycles. The first kappa shape index (κ1) is 19.4. The SMILES string of the molecule is COc1ccc(-n2nc(CN=O)c3c2C(=O)N(c2ccc(C4(N)CC4)cc2)CC3)cc1. The van der Waals surface area contributed by atoms with Crippen LogP contribution in [0.3, 0.4) is 0 Å². The molecule has 1 aliphatic carbocycles. The molecule has 158 valence electrons. The molecule has 2 heterocycles. The predicted octanol–water partition coefficient (Wildman–Crippen LogP) is 3.30. The highest BCUT2D eigenvalue weighted by Gasteiger charge is 2.40. The van der Waals surface area contributed by atoms with E-state index in [4.69, 9.17) is 10.5 Å². The van der Waals surface area contributed by atoms with E-state index in [0.717, 1.165) is 35.3 Å². The fraction of sp³-hybridized carbons (Fsp3) is 0.304. The lowest BCUT2D eigenvalue weighted by Gasteiger charge is -2.28. The van der Waals surface area contributed by atoms with E-state index in [1.165, 1.54) is 0 Å². The number of rotatable bonds is 6. The summed E-state index contributed by atoms with van der Waals surface area (Å²) in [7, 11) is 1.60. The fourth-order valence-electron chi connectivity index (χ4n) is 4.17. The number of methoxy groups -OCH3 is 1. The molecule has 0 radical (unpaired) electrons. The number of hydrogen-bond acceptors (Lipinski definition) is 6. The molecule has 3 aromatic rings. The summed E-state index contributed by atoms with van der Waals surface area (Å²) >= 11 is 0. The summed E-state index contributed by atoms with van der Waals surface area (Å²) in [5.41, 5.74) is 10.5. The number of nitroso groups, excluding NO2 is 1. The lowest BCUT2D eigenvalue weighted by molar-refractivity contribution is 0.0973. The van der Waals surface area contributed by atoms with Gasteiger partial charge in [0.1, 0.15) is 18.0 Å². The van der Waals surface area contributed by atoms with Crippen molar-refractivity contribution in [1.82, 2.24) is 9.78 Å². The quantitative estimate of drug-likeness (QED) is 0.620. The molecule has 2 aromatic carbocycles. The Bertz CT molecular complexity index is 1150. The molecule has 1 saturated carbocycles. The van der Waals surface area contributed by atoms with Crippen LogP contribution < -0.4 is 15.4 Å². The molecule has 31 heavy (non-hydrogen) atoms. The van der Waals surface area contributed by atoms with E-state index in [1.54, 1.807) is 16.7 Å². The van der Waals surface area contributed by atoms with Crippen molar-refractivity contribution in [1.29, 1.82) is 0 Å². The number of amides is 1. The highest BCUT2D eigenvalue weighted by Crippen LogP contribution is 2.43. The zero-order valence-corrected chi connectivity index (χ0v) is 17.2. The molecule has 0 unspecified atom stereocenters. The number of aromatic nitrogens is 2. The second-order valence-corrected chi connectivity index (χ2v) is 8.08. The number of nitrogens with zero attached hydrogens (tertiary/aromatic N) is 4. The van der Waals surface area contributed by atoms with Crippen LogP contribution in [0.25, 0.3) is 5.69 Å². The molecule has 0 spiro atoms. The predicted molar refractivity (Wildman–Crippen MR) is 117 cm³/mol. The Balaban J connectivity index is 1.53. The van der Waals surface area contributed by atoms with Gasteiger partial charge in [0.15, 0.2) is 0 Å². The minimum absolute atomic E-state index is 0.0634. The summed E-state index contributed by atoms with van der Waals surface area (Å²) in [6.45, 7) is 0.450. The maximum Gasteiger partial charge on any atom is 0.277 e. The minimum Gasteiger partial charge on any atom is -0.497 e. The smallest absolute Gasteiger partial charge is 0.277 e. The van der Waals surface area contributed by atoms with E-state index in [2.05, 4.69) is 10.3 Å². The molecule has 2 aliphatic rings. The number of benzene rings is 2. The lowest BCUT2D eigenvalue weighted by Crippen LogP contribution is -2.39. The standard InChI is InChI=1S/C23H23N5O3/c1-31-18-8-6-17(7-9-18)28-21-19(20(26-28)14-25-30)10-13-27(22(21)29)16-4-2-15(3-5-16)23(24)11-12-23/h2-9H,10-14,24H2,1H3. The van der Waals surface area contributed by atoms with Crippen molar-refractivity contribution in [2.75, 3.05) is 18.6 Å². The fourth-order valence-corrected chi connectivity index (χ4v) is 4.17. The molecule has 1 aromatic heterocycles. The number of carbonyl (C=O) groups excluding carboxylic acids is 1. The topological polar surface area (TPSA) is 103 Å². The summed E-state index contributed by atoms with van der Waals surface area (Å²) in [5.74, 6) is 0.560. The van der Waals surface area contributed by atoms with Gasteiger partial charge in [-0.1, -0.05) is 17.3 Å². The normalized spacial score (nSPS) is 16.7. The van der Waals surface area contributed by atoms with Crippen molar-refractivity contribution < 1.29 is 9.53 Å². The van der Waals surface area contributed by atoms with E-state index in [0.29, 0.717) is 30.1 Å². The van der Waals surface area contributed by atoms with Gasteiger partial charge in [-0.25, -0.2) is 4.68 Å². The van der Waals surface area contributed by atoms with Crippen LogP contribution >= 0.6 is 0 Å². The third-order valence-electron chi connectivity index (χ3n) is 6.17. The van der Waals surface area contributed by atoms with Gasteiger partial charge < -0.3 is 15.4 Å². The van der Waals surface area contributed by atoms with Crippen LogP contribution in [0.5, 0.6) is 5.75 Å². The van der Waals surface area contributed by atoms with Gasteiger partial charge in [-0.05, 0) is 61.2 Å². The molecule has 5 rings (SSSR count). The van der Waals surface area contributed by atoms with Gasteiger partial charge in [0.2, 0.25) is 0 Å². The van der Waals surface area contributed by atoms with Gasteiger partial charge in [-0.15, -0.1) is 0 Å². The number of fused-ring (bicyclic) bond motifs is 1. The Morgan fingerprint density at radius 3 is 2.39 bits per heavy atom. The monoisotopic (exact) mass is 417 g/mol. The summed E-state index contributed by atoms with van der Waals surface area (Å²) in [5, 5.41) is 7.57. The van der Waals surface area contributed by atoms with Gasteiger partial charge in [0.05, 0.1) is 18.5 Å². The second-order valence-electron chi connectivity index (χ2n) is 8.08. The molecule has 2 N–H and O–H groups in total. The largest absolute Gasteiger partial charge is 0.497 e. The molecule has 8 heteroatoms. The van der Waals surface area contributed by atoms with Crippen LogP contribution in [-0.4, -0.2) is 29.3 Å². The average Bonchev–Trinajstić information content (AvgIpc) is 3.45. The summed E-state index contributed by atoms with van der Waals surface area (Å²) in [4.78, 5) is 26.3. The lowest BCUT2D eigenvalue weighted by atomic mass is 10.0. The number of ether oxygens (including phenoxy) is 1. The first-order chi connectivity index (χ1) is 15.0. The number of anilines is 1. The van der Waals surface area contributed by atoms with Crippen LogP contribution in [0.2, 0.25) is 0 Å². The summed E-state index contributed by atoms with van der Waals surface area (Å²) in [6.07, 6.45) is 2.59. The van der Waals surface area contributed by atoms with Crippen LogP contribution in [0.1, 0.15) is 40.2 Å². The first-order valence-corrected chi connectivity index (χ1v) is 10.3. The van der Waals surface area contributed by atoms with E-state index >= 15 is 0 Å². The Kier molecular flexibility index (Phi) is 4.59. The van der Waals surface area contributed by atoms with Gasteiger partial charge in [0, 0.05) is 23.3 Å². The Hall–Kier alpha value is -3.52. The first-order valence-electron chi connectivity index (χ1n) is 10.3. The van der Waals surface area contributed by atoms with E-state index in [-0.39, 0.29) is 18.0 Å². The third-order valence-corrected chi connectivity index (χ3v) is 6.17. The maximum absolute atomic E-state index is 13.6. The van der Waals surface area contributed by atoms with Gasteiger partial charge in [-0.2, -0.15) is 10.0 Å². The van der Waals surface area contributed by atoms with Crippen molar-refractivity contribution in [2.45, 2.75) is 31.3 Å². The zero-order valence-electron chi connectivity index (χ0n) is 17.2. The van der Waals surface area contributed by atoms with Gasteiger partial charge in [-0.3, -0.25) is 4.79 Å². The van der Waals surface area contributed by atoms with E-state index < -0.39 is 0 Å². The van der Waals surface area contributed by atoms with Crippen LogP contribution in [0.4, 0.5) is 5.69 Å². The van der Waals surface area contributed by atoms with Crippen LogP contribution in [0, 0.1) is 4.91 Å².